The SMILES string of the molecule is Cl.Cl.O=C(CCC1CCCN1)Nc1ccccn1. The lowest BCUT2D eigenvalue weighted by Crippen LogP contribution is -2.23. The maximum Gasteiger partial charge on any atom is 0.225 e. The summed E-state index contributed by atoms with van der Waals surface area (Å²) in [6.07, 6.45) is 5.57. The first kappa shape index (κ1) is 17.2. The van der Waals surface area contributed by atoms with Crippen molar-refractivity contribution in [1.29, 1.82) is 0 Å². The van der Waals surface area contributed by atoms with E-state index in [1.165, 1.54) is 12.8 Å². The van der Waals surface area contributed by atoms with Crippen molar-refractivity contribution in [1.82, 2.24) is 10.3 Å². The summed E-state index contributed by atoms with van der Waals surface area (Å²) in [7, 11) is 0. The first-order valence-corrected chi connectivity index (χ1v) is 5.79. The van der Waals surface area contributed by atoms with Crippen LogP contribution in [0.5, 0.6) is 0 Å². The molecule has 2 N–H and O–H groups in total. The number of aromatic nitrogens is 1. The molecule has 0 bridgehead atoms. The van der Waals surface area contributed by atoms with E-state index >= 15 is 0 Å². The summed E-state index contributed by atoms with van der Waals surface area (Å²) in [5.74, 6) is 0.680. The van der Waals surface area contributed by atoms with E-state index in [4.69, 9.17) is 0 Å². The van der Waals surface area contributed by atoms with Gasteiger partial charge in [0, 0.05) is 18.7 Å². The van der Waals surface area contributed by atoms with Crippen LogP contribution in [0.4, 0.5) is 5.82 Å². The fourth-order valence-corrected chi connectivity index (χ4v) is 1.95. The van der Waals surface area contributed by atoms with Crippen LogP contribution in [0.25, 0.3) is 0 Å². The number of hydrogen-bond acceptors (Lipinski definition) is 3. The van der Waals surface area contributed by atoms with E-state index in [9.17, 15) is 4.79 Å². The Hall–Kier alpha value is -0.840. The molecule has 1 fully saturated rings. The van der Waals surface area contributed by atoms with Gasteiger partial charge >= 0.3 is 0 Å². The molecule has 1 saturated heterocycles. The molecule has 1 atom stereocenters. The standard InChI is InChI=1S/C12H17N3O.2ClH/c16-12(7-6-10-4-3-9-13-10)15-11-5-1-2-8-14-11;;/h1-2,5,8,10,13H,3-4,6-7,9H2,(H,14,15,16);2*1H. The van der Waals surface area contributed by atoms with Gasteiger partial charge in [-0.3, -0.25) is 4.79 Å². The normalized spacial score (nSPS) is 17.4. The molecule has 6 heteroatoms. The van der Waals surface area contributed by atoms with Gasteiger partial charge in [-0.2, -0.15) is 0 Å². The molecule has 0 saturated carbocycles. The first-order valence-electron chi connectivity index (χ1n) is 5.79. The fourth-order valence-electron chi connectivity index (χ4n) is 1.95. The Morgan fingerprint density at radius 1 is 1.44 bits per heavy atom. The number of nitrogens with zero attached hydrogens (tertiary/aromatic N) is 1. The number of rotatable bonds is 4. The Morgan fingerprint density at radius 2 is 2.28 bits per heavy atom. The van der Waals surface area contributed by atoms with Gasteiger partial charge < -0.3 is 10.6 Å². The fraction of sp³-hybridized carbons (Fsp3) is 0.500. The number of amides is 1. The van der Waals surface area contributed by atoms with Crippen molar-refractivity contribution in [3.05, 3.63) is 24.4 Å². The molecule has 0 aromatic carbocycles. The molecule has 2 rings (SSSR count). The molecule has 0 radical (unpaired) electrons. The highest BCUT2D eigenvalue weighted by atomic mass is 35.5. The second kappa shape index (κ2) is 9.14. The van der Waals surface area contributed by atoms with Gasteiger partial charge in [0.2, 0.25) is 5.91 Å². The van der Waals surface area contributed by atoms with E-state index in [0.29, 0.717) is 18.3 Å². The molecule has 1 aromatic rings. The van der Waals surface area contributed by atoms with Gasteiger partial charge in [0.05, 0.1) is 0 Å². The Labute approximate surface area is 120 Å². The minimum Gasteiger partial charge on any atom is -0.314 e. The predicted octanol–water partition coefficient (Wildman–Crippen LogP) is 2.40. The second-order valence-electron chi connectivity index (χ2n) is 4.10. The Morgan fingerprint density at radius 3 is 2.89 bits per heavy atom. The monoisotopic (exact) mass is 291 g/mol. The maximum atomic E-state index is 11.6. The number of nitrogens with one attached hydrogen (secondary N) is 2. The largest absolute Gasteiger partial charge is 0.314 e. The summed E-state index contributed by atoms with van der Waals surface area (Å²) in [6.45, 7) is 1.09. The highest BCUT2D eigenvalue weighted by molar-refractivity contribution is 5.89. The molecule has 102 valence electrons. The molecule has 18 heavy (non-hydrogen) atoms. The Kier molecular flexibility index (Phi) is 8.71. The number of carbonyl (C=O) groups is 1. The van der Waals surface area contributed by atoms with Gasteiger partial charge in [-0.25, -0.2) is 4.98 Å². The van der Waals surface area contributed by atoms with Crippen LogP contribution in [0, 0.1) is 0 Å². The second-order valence-corrected chi connectivity index (χ2v) is 4.10. The summed E-state index contributed by atoms with van der Waals surface area (Å²) in [5.41, 5.74) is 0. The van der Waals surface area contributed by atoms with Crippen molar-refractivity contribution in [2.45, 2.75) is 31.7 Å². The van der Waals surface area contributed by atoms with Crippen molar-refractivity contribution in [3.8, 4) is 0 Å². The van der Waals surface area contributed by atoms with Gasteiger partial charge in [-0.15, -0.1) is 24.8 Å². The van der Waals surface area contributed by atoms with Crippen LogP contribution in [-0.2, 0) is 4.79 Å². The molecule has 1 unspecified atom stereocenters. The average molecular weight is 292 g/mol. The van der Waals surface area contributed by atoms with E-state index in [-0.39, 0.29) is 30.7 Å². The minimum atomic E-state index is 0. The van der Waals surface area contributed by atoms with E-state index < -0.39 is 0 Å². The van der Waals surface area contributed by atoms with Gasteiger partial charge in [0.25, 0.3) is 0 Å². The van der Waals surface area contributed by atoms with E-state index in [2.05, 4.69) is 15.6 Å². The van der Waals surface area contributed by atoms with Crippen LogP contribution in [0.15, 0.2) is 24.4 Å². The first-order chi connectivity index (χ1) is 7.84. The molecule has 0 aliphatic carbocycles. The van der Waals surface area contributed by atoms with Crippen molar-refractivity contribution in [2.24, 2.45) is 0 Å². The highest BCUT2D eigenvalue weighted by Gasteiger charge is 2.15. The predicted molar refractivity (Wildman–Crippen MR) is 77.6 cm³/mol. The maximum absolute atomic E-state index is 11.6. The lowest BCUT2D eigenvalue weighted by Gasteiger charge is -2.09. The number of anilines is 1. The van der Waals surface area contributed by atoms with Gasteiger partial charge in [0.1, 0.15) is 5.82 Å². The zero-order valence-electron chi connectivity index (χ0n) is 10.1. The number of halogens is 2. The van der Waals surface area contributed by atoms with E-state index in [1.807, 2.05) is 12.1 Å². The molecule has 2 heterocycles. The van der Waals surface area contributed by atoms with Gasteiger partial charge in [0.15, 0.2) is 0 Å². The summed E-state index contributed by atoms with van der Waals surface area (Å²) < 4.78 is 0. The van der Waals surface area contributed by atoms with Crippen LogP contribution in [0.1, 0.15) is 25.7 Å². The number of pyridine rings is 1. The van der Waals surface area contributed by atoms with Crippen molar-refractivity contribution >= 4 is 36.5 Å². The van der Waals surface area contributed by atoms with Crippen molar-refractivity contribution in [2.75, 3.05) is 11.9 Å². The van der Waals surface area contributed by atoms with Crippen molar-refractivity contribution in [3.63, 3.8) is 0 Å². The number of hydrogen-bond donors (Lipinski definition) is 2. The number of carbonyl (C=O) groups excluding carboxylic acids is 1. The Balaban J connectivity index is 0.00000144. The van der Waals surface area contributed by atoms with Crippen LogP contribution < -0.4 is 10.6 Å². The lowest BCUT2D eigenvalue weighted by molar-refractivity contribution is -0.116. The van der Waals surface area contributed by atoms with E-state index in [1.54, 1.807) is 12.3 Å². The molecular formula is C12H19Cl2N3O. The summed E-state index contributed by atoms with van der Waals surface area (Å²) in [6, 6.07) is 6.01. The lowest BCUT2D eigenvalue weighted by atomic mass is 10.1. The van der Waals surface area contributed by atoms with Crippen LogP contribution in [-0.4, -0.2) is 23.5 Å². The third kappa shape index (κ3) is 5.67. The van der Waals surface area contributed by atoms with Crippen LogP contribution >= 0.6 is 24.8 Å². The molecule has 4 nitrogen and oxygen atoms in total. The van der Waals surface area contributed by atoms with Crippen LogP contribution in [0.3, 0.4) is 0 Å². The molecule has 1 aliphatic heterocycles. The smallest absolute Gasteiger partial charge is 0.225 e. The van der Waals surface area contributed by atoms with Crippen LogP contribution in [0.2, 0.25) is 0 Å². The third-order valence-electron chi connectivity index (χ3n) is 2.81. The topological polar surface area (TPSA) is 54.0 Å². The Bertz CT molecular complexity index is 342. The summed E-state index contributed by atoms with van der Waals surface area (Å²) in [4.78, 5) is 15.6. The van der Waals surface area contributed by atoms with Gasteiger partial charge in [-0.1, -0.05) is 6.07 Å². The minimum absolute atomic E-state index is 0. The molecule has 1 aliphatic rings. The zero-order valence-corrected chi connectivity index (χ0v) is 11.7. The highest BCUT2D eigenvalue weighted by Crippen LogP contribution is 2.11. The quantitative estimate of drug-likeness (QED) is 0.896. The van der Waals surface area contributed by atoms with Crippen molar-refractivity contribution < 1.29 is 4.79 Å². The molecule has 1 amide bonds. The zero-order chi connectivity index (χ0) is 11.2. The third-order valence-corrected chi connectivity index (χ3v) is 2.81. The summed E-state index contributed by atoms with van der Waals surface area (Å²) in [5, 5.41) is 6.17. The van der Waals surface area contributed by atoms with E-state index in [0.717, 1.165) is 13.0 Å². The summed E-state index contributed by atoms with van der Waals surface area (Å²) >= 11 is 0. The molecular weight excluding hydrogens is 273 g/mol. The average Bonchev–Trinajstić information content (AvgIpc) is 2.81. The van der Waals surface area contributed by atoms with Gasteiger partial charge in [-0.05, 0) is 37.9 Å². The molecule has 0 spiro atoms. The molecule has 1 aromatic heterocycles.